The van der Waals surface area contributed by atoms with Crippen molar-refractivity contribution in [3.8, 4) is 0 Å². The van der Waals surface area contributed by atoms with E-state index >= 15 is 0 Å². The second kappa shape index (κ2) is 6.39. The van der Waals surface area contributed by atoms with Crippen LogP contribution >= 0.6 is 11.6 Å². The van der Waals surface area contributed by atoms with Gasteiger partial charge in [0.15, 0.2) is 0 Å². The van der Waals surface area contributed by atoms with E-state index in [1.54, 1.807) is 0 Å². The topological polar surface area (TPSA) is 37.3 Å². The Labute approximate surface area is 145 Å². The van der Waals surface area contributed by atoms with E-state index in [1.807, 2.05) is 49.4 Å². The average molecular weight is 349 g/mol. The van der Waals surface area contributed by atoms with Gasteiger partial charge in [-0.3, -0.25) is 4.21 Å². The summed E-state index contributed by atoms with van der Waals surface area (Å²) in [5.41, 5.74) is 1.88. The van der Waals surface area contributed by atoms with Gasteiger partial charge < -0.3 is 5.11 Å². The molecule has 0 radical (unpaired) electrons. The molecule has 1 aliphatic rings. The lowest BCUT2D eigenvalue weighted by Gasteiger charge is -2.19. The van der Waals surface area contributed by atoms with E-state index < -0.39 is 20.4 Å². The molecule has 3 rings (SSSR count). The molecule has 0 aromatic heterocycles. The van der Waals surface area contributed by atoms with Crippen LogP contribution in [0.2, 0.25) is 0 Å². The molecule has 0 spiro atoms. The Balaban J connectivity index is 1.74. The van der Waals surface area contributed by atoms with E-state index in [4.69, 9.17) is 11.6 Å². The summed E-state index contributed by atoms with van der Waals surface area (Å²) in [7, 11) is -1.32. The fourth-order valence-corrected chi connectivity index (χ4v) is 5.46. The van der Waals surface area contributed by atoms with Crippen LogP contribution in [-0.2, 0) is 17.2 Å². The van der Waals surface area contributed by atoms with Crippen LogP contribution in [0.3, 0.4) is 0 Å². The van der Waals surface area contributed by atoms with Gasteiger partial charge in [-0.25, -0.2) is 0 Å². The van der Waals surface area contributed by atoms with E-state index in [1.165, 1.54) is 5.56 Å². The highest BCUT2D eigenvalue weighted by molar-refractivity contribution is 7.88. The molecule has 0 amide bonds. The average Bonchev–Trinajstić information content (AvgIpc) is 3.21. The van der Waals surface area contributed by atoms with Gasteiger partial charge in [0.05, 0.1) is 17.4 Å². The van der Waals surface area contributed by atoms with Crippen molar-refractivity contribution in [3.63, 3.8) is 0 Å². The van der Waals surface area contributed by atoms with Gasteiger partial charge >= 0.3 is 0 Å². The van der Waals surface area contributed by atoms with Crippen LogP contribution in [0.4, 0.5) is 0 Å². The van der Waals surface area contributed by atoms with Gasteiger partial charge in [-0.15, -0.1) is 11.6 Å². The van der Waals surface area contributed by atoms with Gasteiger partial charge in [0, 0.05) is 10.3 Å². The van der Waals surface area contributed by atoms with Gasteiger partial charge in [0.2, 0.25) is 0 Å². The summed E-state index contributed by atoms with van der Waals surface area (Å²) in [4.78, 5) is 0.737. The second-order valence-electron chi connectivity index (χ2n) is 6.41. The van der Waals surface area contributed by atoms with Gasteiger partial charge in [0.1, 0.15) is 4.21 Å². The van der Waals surface area contributed by atoms with E-state index in [0.717, 1.165) is 23.3 Å². The molecule has 122 valence electrons. The van der Waals surface area contributed by atoms with Crippen LogP contribution < -0.4 is 0 Å². The first-order chi connectivity index (χ1) is 11.0. The highest BCUT2D eigenvalue weighted by Crippen LogP contribution is 2.66. The first-order valence-electron chi connectivity index (χ1n) is 7.83. The zero-order valence-corrected chi connectivity index (χ0v) is 14.7. The van der Waals surface area contributed by atoms with Crippen LogP contribution in [0.5, 0.6) is 0 Å². The molecule has 2 aromatic carbocycles. The largest absolute Gasteiger partial charge is 0.396 e. The number of benzene rings is 2. The van der Waals surface area contributed by atoms with E-state index in [0.29, 0.717) is 6.42 Å². The predicted octanol–water partition coefficient (Wildman–Crippen LogP) is 4.05. The highest BCUT2D eigenvalue weighted by Gasteiger charge is 2.70. The van der Waals surface area contributed by atoms with E-state index in [2.05, 4.69) is 12.1 Å². The molecule has 1 saturated carbocycles. The van der Waals surface area contributed by atoms with Crippen molar-refractivity contribution in [1.82, 2.24) is 0 Å². The molecule has 1 fully saturated rings. The summed E-state index contributed by atoms with van der Waals surface area (Å²) >= 11 is 6.70. The number of hydrogen-bond donors (Lipinski definition) is 1. The first-order valence-corrected chi connectivity index (χ1v) is 9.36. The molecule has 0 bridgehead atoms. The third-order valence-corrected chi connectivity index (χ3v) is 7.62. The maximum absolute atomic E-state index is 12.9. The SMILES string of the molecule is Cc1ccc(S(=O)[C@@]2(Cl)C[C@]2(CO)CCc2ccccc2)cc1. The summed E-state index contributed by atoms with van der Waals surface area (Å²) in [6.07, 6.45) is 2.17. The molecule has 1 unspecified atom stereocenters. The molecule has 23 heavy (non-hydrogen) atoms. The number of hydrogen-bond acceptors (Lipinski definition) is 2. The molecule has 2 aromatic rings. The Morgan fingerprint density at radius 3 is 2.39 bits per heavy atom. The molecule has 1 N–H and O–H groups in total. The summed E-state index contributed by atoms with van der Waals surface area (Å²) in [5, 5.41) is 9.89. The van der Waals surface area contributed by atoms with Crippen LogP contribution in [0, 0.1) is 12.3 Å². The Kier molecular flexibility index (Phi) is 4.63. The van der Waals surface area contributed by atoms with Gasteiger partial charge in [-0.05, 0) is 43.9 Å². The predicted molar refractivity (Wildman–Crippen MR) is 95.1 cm³/mol. The minimum Gasteiger partial charge on any atom is -0.396 e. The Hall–Kier alpha value is -1.16. The number of rotatable bonds is 6. The second-order valence-corrected chi connectivity index (χ2v) is 8.99. The molecule has 3 atom stereocenters. The van der Waals surface area contributed by atoms with Crippen LogP contribution in [0.1, 0.15) is 24.0 Å². The quantitative estimate of drug-likeness (QED) is 0.799. The summed E-state index contributed by atoms with van der Waals surface area (Å²) in [6.45, 7) is 1.97. The molecular weight excluding hydrogens is 328 g/mol. The number of halogens is 1. The zero-order valence-electron chi connectivity index (χ0n) is 13.2. The van der Waals surface area contributed by atoms with Crippen molar-refractivity contribution in [3.05, 3.63) is 65.7 Å². The van der Waals surface area contributed by atoms with Crippen LogP contribution in [0.15, 0.2) is 59.5 Å². The van der Waals surface area contributed by atoms with Crippen molar-refractivity contribution in [2.24, 2.45) is 5.41 Å². The van der Waals surface area contributed by atoms with Crippen molar-refractivity contribution in [2.75, 3.05) is 6.61 Å². The lowest BCUT2D eigenvalue weighted by atomic mass is 9.97. The Morgan fingerprint density at radius 2 is 1.78 bits per heavy atom. The molecule has 1 aliphatic carbocycles. The molecule has 0 saturated heterocycles. The number of aliphatic hydroxyl groups is 1. The summed E-state index contributed by atoms with van der Waals surface area (Å²) in [6, 6.07) is 17.8. The van der Waals surface area contributed by atoms with Gasteiger partial charge in [-0.2, -0.15) is 0 Å². The zero-order chi connectivity index (χ0) is 16.5. The highest BCUT2D eigenvalue weighted by atomic mass is 35.5. The third kappa shape index (κ3) is 3.10. The fraction of sp³-hybridized carbons (Fsp3) is 0.368. The van der Waals surface area contributed by atoms with Crippen molar-refractivity contribution >= 4 is 22.4 Å². The molecule has 2 nitrogen and oxygen atoms in total. The van der Waals surface area contributed by atoms with Crippen molar-refractivity contribution < 1.29 is 9.32 Å². The minimum absolute atomic E-state index is 0.0269. The van der Waals surface area contributed by atoms with Gasteiger partial charge in [-0.1, -0.05) is 48.0 Å². The summed E-state index contributed by atoms with van der Waals surface area (Å²) < 4.78 is 12.0. The maximum Gasteiger partial charge on any atom is 0.132 e. The first kappa shape index (κ1) is 16.7. The van der Waals surface area contributed by atoms with Crippen molar-refractivity contribution in [2.45, 2.75) is 35.3 Å². The maximum atomic E-state index is 12.9. The number of aliphatic hydroxyl groups excluding tert-OH is 1. The van der Waals surface area contributed by atoms with Crippen LogP contribution in [0.25, 0.3) is 0 Å². The minimum atomic E-state index is -1.32. The van der Waals surface area contributed by atoms with Crippen molar-refractivity contribution in [1.29, 1.82) is 0 Å². The Bertz CT molecular complexity index is 701. The molecular formula is C19H21ClO2S. The fourth-order valence-electron chi connectivity index (χ4n) is 3.06. The number of alkyl halides is 1. The van der Waals surface area contributed by atoms with Gasteiger partial charge in [0.25, 0.3) is 0 Å². The smallest absolute Gasteiger partial charge is 0.132 e. The lowest BCUT2D eigenvalue weighted by molar-refractivity contribution is 0.201. The normalized spacial score (nSPS) is 27.6. The summed E-state index contributed by atoms with van der Waals surface area (Å²) in [5.74, 6) is 0. The lowest BCUT2D eigenvalue weighted by Crippen LogP contribution is -2.24. The van der Waals surface area contributed by atoms with E-state index in [9.17, 15) is 9.32 Å². The standard InChI is InChI=1S/C19H21ClO2S/c1-15-7-9-17(10-8-15)23(22)19(20)13-18(19,14-21)12-11-16-5-3-2-4-6-16/h2-10,21H,11-14H2,1H3/t18-,19-,23?/m0/s1. The van der Waals surface area contributed by atoms with Crippen LogP contribution in [-0.4, -0.2) is 20.1 Å². The molecule has 0 aliphatic heterocycles. The number of aryl methyl sites for hydroxylation is 2. The monoisotopic (exact) mass is 348 g/mol. The third-order valence-electron chi connectivity index (χ3n) is 4.80. The molecule has 0 heterocycles. The molecule has 4 heteroatoms. The van der Waals surface area contributed by atoms with E-state index in [-0.39, 0.29) is 6.61 Å². The Morgan fingerprint density at radius 1 is 1.13 bits per heavy atom.